The summed E-state index contributed by atoms with van der Waals surface area (Å²) >= 11 is 0. The number of aryl methyl sites for hydroxylation is 1. The number of benzene rings is 3. The fourth-order valence-corrected chi connectivity index (χ4v) is 11.5. The second-order valence-electron chi connectivity index (χ2n) is 21.7. The number of fused-ring (bicyclic) bond motifs is 2. The number of piperidine rings is 1. The van der Waals surface area contributed by atoms with E-state index in [1.54, 1.807) is 37.3 Å². The minimum absolute atomic E-state index is 0.0816. The van der Waals surface area contributed by atoms with E-state index in [2.05, 4.69) is 21.3 Å². The molecule has 3 aromatic carbocycles. The molecule has 400 valence electrons. The maximum atomic E-state index is 14.7. The van der Waals surface area contributed by atoms with Crippen LogP contribution in [-0.2, 0) is 45.3 Å². The van der Waals surface area contributed by atoms with E-state index < -0.39 is 77.5 Å². The molecule has 1 aromatic heterocycles. The van der Waals surface area contributed by atoms with E-state index in [1.807, 2.05) is 78.9 Å². The van der Waals surface area contributed by atoms with Crippen LogP contribution in [0.1, 0.15) is 145 Å². The zero-order valence-corrected chi connectivity index (χ0v) is 43.4. The van der Waals surface area contributed by atoms with Crippen molar-refractivity contribution in [1.29, 1.82) is 0 Å². The largest absolute Gasteiger partial charge is 0.444 e. The summed E-state index contributed by atoms with van der Waals surface area (Å²) in [6.07, 6.45) is 6.02. The number of aromatic nitrogens is 2. The first kappa shape index (κ1) is 54.0. The summed E-state index contributed by atoms with van der Waals surface area (Å²) < 4.78 is 8.62. The minimum atomic E-state index is -1.24. The Balaban J connectivity index is 0.893. The van der Waals surface area contributed by atoms with Crippen LogP contribution in [0.3, 0.4) is 0 Å². The van der Waals surface area contributed by atoms with Crippen LogP contribution in [0.2, 0.25) is 0 Å². The minimum Gasteiger partial charge on any atom is -0.444 e. The lowest BCUT2D eigenvalue weighted by molar-refractivity contribution is -0.146. The number of amides is 8. The van der Waals surface area contributed by atoms with E-state index in [0.717, 1.165) is 54.3 Å². The molecule has 19 nitrogen and oxygen atoms in total. The van der Waals surface area contributed by atoms with E-state index in [-0.39, 0.29) is 75.0 Å². The topological polar surface area (TPSA) is 253 Å². The molecule has 6 N–H and O–H groups in total. The molecule has 1 aliphatic carbocycles. The first-order chi connectivity index (χ1) is 35.8. The van der Waals surface area contributed by atoms with Crippen molar-refractivity contribution in [2.75, 3.05) is 13.1 Å². The van der Waals surface area contributed by atoms with Crippen molar-refractivity contribution in [2.24, 2.45) is 18.7 Å². The summed E-state index contributed by atoms with van der Waals surface area (Å²) in [5.74, 6) is -2.54. The monoisotopic (exact) mass is 1030 g/mol. The fraction of sp³-hybridized carbons (Fsp3) is 0.518. The van der Waals surface area contributed by atoms with Gasteiger partial charge in [-0.15, -0.1) is 0 Å². The number of primary amides is 1. The van der Waals surface area contributed by atoms with Gasteiger partial charge in [-0.25, -0.2) is 9.59 Å². The van der Waals surface area contributed by atoms with Crippen LogP contribution < -0.4 is 32.7 Å². The second-order valence-corrected chi connectivity index (χ2v) is 21.7. The van der Waals surface area contributed by atoms with E-state index >= 15 is 0 Å². The Morgan fingerprint density at radius 2 is 1.48 bits per heavy atom. The van der Waals surface area contributed by atoms with Crippen molar-refractivity contribution in [3.05, 3.63) is 106 Å². The summed E-state index contributed by atoms with van der Waals surface area (Å²) in [6.45, 7) is 5.26. The zero-order chi connectivity index (χ0) is 53.6. The third-order valence-corrected chi connectivity index (χ3v) is 15.4. The highest BCUT2D eigenvalue weighted by atomic mass is 16.6. The highest BCUT2D eigenvalue weighted by molar-refractivity contribution is 6.00. The molecule has 1 unspecified atom stereocenters. The number of carbonyl (C=O) groups is 8. The predicted octanol–water partition coefficient (Wildman–Crippen LogP) is 4.90. The summed E-state index contributed by atoms with van der Waals surface area (Å²) in [4.78, 5) is 124. The van der Waals surface area contributed by atoms with Gasteiger partial charge in [-0.05, 0) is 132 Å². The number of hydrogen-bond donors (Lipinski definition) is 5. The van der Waals surface area contributed by atoms with Gasteiger partial charge in [-0.2, -0.15) is 0 Å². The number of carbonyl (C=O) groups excluding carboxylic acids is 8. The first-order valence-corrected chi connectivity index (χ1v) is 26.5. The predicted molar refractivity (Wildman–Crippen MR) is 278 cm³/mol. The number of imidazole rings is 1. The molecule has 3 aliphatic heterocycles. The van der Waals surface area contributed by atoms with Crippen molar-refractivity contribution < 1.29 is 43.1 Å². The summed E-state index contributed by atoms with van der Waals surface area (Å²) in [5.41, 5.74) is 8.49. The lowest BCUT2D eigenvalue weighted by Gasteiger charge is -2.39. The second kappa shape index (κ2) is 23.5. The number of ether oxygens (including phenoxy) is 1. The maximum absolute atomic E-state index is 14.7. The van der Waals surface area contributed by atoms with Crippen LogP contribution >= 0.6 is 0 Å². The quantitative estimate of drug-likeness (QED) is 0.0949. The van der Waals surface area contributed by atoms with Gasteiger partial charge in [0, 0.05) is 38.9 Å². The Kier molecular flexibility index (Phi) is 16.9. The lowest BCUT2D eigenvalue weighted by atomic mass is 9.77. The molecular formula is C56H71N9O10. The van der Waals surface area contributed by atoms with Crippen LogP contribution in [0.25, 0.3) is 11.0 Å². The van der Waals surface area contributed by atoms with Gasteiger partial charge in [0.2, 0.25) is 41.4 Å². The van der Waals surface area contributed by atoms with Gasteiger partial charge in [-0.1, -0.05) is 66.7 Å². The van der Waals surface area contributed by atoms with Crippen molar-refractivity contribution >= 4 is 58.5 Å². The van der Waals surface area contributed by atoms with Gasteiger partial charge in [0.15, 0.2) is 0 Å². The molecule has 0 bridgehead atoms. The van der Waals surface area contributed by atoms with Crippen molar-refractivity contribution in [3.63, 3.8) is 0 Å². The highest BCUT2D eigenvalue weighted by Gasteiger charge is 2.46. The number of rotatable bonds is 16. The molecule has 0 radical (unpaired) electrons. The Morgan fingerprint density at radius 1 is 0.800 bits per heavy atom. The van der Waals surface area contributed by atoms with E-state index in [0.29, 0.717) is 30.7 Å². The molecule has 3 saturated heterocycles. The van der Waals surface area contributed by atoms with Crippen molar-refractivity contribution in [3.8, 4) is 0 Å². The number of hydrogen-bond acceptors (Lipinski definition) is 10. The third kappa shape index (κ3) is 13.0. The van der Waals surface area contributed by atoms with Gasteiger partial charge in [0.1, 0.15) is 29.8 Å². The van der Waals surface area contributed by atoms with E-state index in [4.69, 9.17) is 10.5 Å². The molecule has 4 fully saturated rings. The van der Waals surface area contributed by atoms with Gasteiger partial charge in [0.05, 0.1) is 23.6 Å². The van der Waals surface area contributed by atoms with Crippen molar-refractivity contribution in [2.45, 2.75) is 158 Å². The summed E-state index contributed by atoms with van der Waals surface area (Å²) in [6, 6.07) is 19.5. The van der Waals surface area contributed by atoms with Crippen molar-refractivity contribution in [1.82, 2.24) is 40.2 Å². The Bertz CT molecular complexity index is 2790. The molecule has 8 amide bonds. The smallest absolute Gasteiger partial charge is 0.408 e. The molecule has 1 saturated carbocycles. The SMILES string of the molecule is Cn1c(=O)n(C2CCC(=O)NC2=O)c2ccc([C@H]3CC[C@H](CCCC(=O)N4CC[C@H]5CC[C@@H](C(=O)N[C@@H](CCC(N)=O)C(=O)NC(c6ccccc6)c6ccccc6)N5C(=O)[C@@H](NC(=O)OC(C)(C)C)C4)CC3)cc21. The maximum Gasteiger partial charge on any atom is 0.408 e. The van der Waals surface area contributed by atoms with Crippen LogP contribution in [-0.4, -0.2) is 109 Å². The molecule has 19 heteroatoms. The van der Waals surface area contributed by atoms with Crippen LogP contribution in [0.15, 0.2) is 83.7 Å². The average Bonchev–Trinajstić information content (AvgIpc) is 3.91. The summed E-state index contributed by atoms with van der Waals surface area (Å²) in [7, 11) is 1.70. The zero-order valence-electron chi connectivity index (χ0n) is 43.4. The first-order valence-electron chi connectivity index (χ1n) is 26.5. The van der Waals surface area contributed by atoms with Gasteiger partial charge in [0.25, 0.3) is 0 Å². The van der Waals surface area contributed by atoms with Crippen LogP contribution in [0.4, 0.5) is 4.79 Å². The fourth-order valence-electron chi connectivity index (χ4n) is 11.5. The summed E-state index contributed by atoms with van der Waals surface area (Å²) in [5, 5.41) is 11.0. The van der Waals surface area contributed by atoms with E-state index in [1.165, 1.54) is 9.47 Å². The number of alkyl carbamates (subject to hydrolysis) is 1. The molecule has 0 spiro atoms. The number of imide groups is 1. The molecule has 4 aromatic rings. The third-order valence-electron chi connectivity index (χ3n) is 15.4. The number of nitrogens with two attached hydrogens (primary N) is 1. The molecule has 4 aliphatic rings. The van der Waals surface area contributed by atoms with Gasteiger partial charge < -0.3 is 36.2 Å². The molecule has 4 heterocycles. The van der Waals surface area contributed by atoms with Crippen LogP contribution in [0, 0.1) is 5.92 Å². The Hall–Kier alpha value is -7.31. The number of nitrogens with zero attached hydrogens (tertiary/aromatic N) is 4. The molecular weight excluding hydrogens is 959 g/mol. The van der Waals surface area contributed by atoms with Gasteiger partial charge >= 0.3 is 11.8 Å². The molecule has 5 atom stereocenters. The van der Waals surface area contributed by atoms with E-state index in [9.17, 15) is 43.2 Å². The van der Waals surface area contributed by atoms with Crippen LogP contribution in [0.5, 0.6) is 0 Å². The lowest BCUT2D eigenvalue weighted by Crippen LogP contribution is -2.62. The Morgan fingerprint density at radius 3 is 2.12 bits per heavy atom. The highest BCUT2D eigenvalue weighted by Crippen LogP contribution is 2.39. The van der Waals surface area contributed by atoms with Gasteiger partial charge in [-0.3, -0.25) is 48.0 Å². The molecule has 75 heavy (non-hydrogen) atoms. The average molecular weight is 1030 g/mol. The molecule has 8 rings (SSSR count). The number of nitrogens with one attached hydrogen (secondary N) is 4. The Labute approximate surface area is 436 Å². The standard InChI is InChI=1S/C56H71N9O10/c1-56(2,3)75-54(73)59-41-33-63(48(68)17-11-12-34-18-20-35(21-19-34)38-22-25-42-45(32-38)62(4)55(74)65(42)44-27-29-47(67)60-52(44)71)31-30-39-23-26-43(64(39)53(41)72)51(70)58-40(24-28-46(57)66)50(69)61-49(36-13-7-5-8-14-36)37-15-9-6-10-16-37/h5-10,13-16,22,25,32,34-35,39-41,43-44,49H,11-12,17-21,23-24,26-31,33H2,1-4H3,(H2,57,66)(H,58,70)(H,59,73)(H,61,69)(H,60,67,71)/t34-,35-,39-,40+,41+,43+,44?/m1/s1. The normalized spacial score (nSPS) is 22.7.